The van der Waals surface area contributed by atoms with Gasteiger partial charge in [0.25, 0.3) is 5.56 Å². The third kappa shape index (κ3) is 2.05. The Balaban J connectivity index is 1.77. The van der Waals surface area contributed by atoms with Crippen LogP contribution in [-0.4, -0.2) is 25.0 Å². The van der Waals surface area contributed by atoms with Gasteiger partial charge >= 0.3 is 0 Å². The van der Waals surface area contributed by atoms with Crippen molar-refractivity contribution in [2.45, 2.75) is 19.3 Å². The molecular formula is C15H13N5O. The lowest BCUT2D eigenvalue weighted by Gasteiger charge is -2.01. The number of aromatic nitrogens is 5. The van der Waals surface area contributed by atoms with Crippen molar-refractivity contribution >= 4 is 0 Å². The molecule has 0 saturated heterocycles. The van der Waals surface area contributed by atoms with Crippen LogP contribution >= 0.6 is 0 Å². The van der Waals surface area contributed by atoms with Crippen LogP contribution in [0.3, 0.4) is 0 Å². The molecule has 0 radical (unpaired) electrons. The van der Waals surface area contributed by atoms with Gasteiger partial charge in [-0.25, -0.2) is 4.98 Å². The molecule has 0 unspecified atom stereocenters. The monoisotopic (exact) mass is 279 g/mol. The number of para-hydroxylation sites is 1. The molecule has 0 aliphatic heterocycles. The number of H-pyrrole nitrogens is 1. The van der Waals surface area contributed by atoms with E-state index in [-0.39, 0.29) is 5.56 Å². The van der Waals surface area contributed by atoms with Crippen LogP contribution in [0.1, 0.15) is 17.7 Å². The van der Waals surface area contributed by atoms with Gasteiger partial charge in [-0.1, -0.05) is 18.2 Å². The van der Waals surface area contributed by atoms with Crippen LogP contribution in [0.4, 0.5) is 0 Å². The third-order valence-corrected chi connectivity index (χ3v) is 3.66. The number of hydrogen-bond acceptors (Lipinski definition) is 4. The molecule has 2 aromatic heterocycles. The van der Waals surface area contributed by atoms with Crippen LogP contribution in [-0.2, 0) is 12.8 Å². The number of nitrogens with zero attached hydrogens (tertiary/aromatic N) is 4. The van der Waals surface area contributed by atoms with Gasteiger partial charge in [0, 0.05) is 5.56 Å². The lowest BCUT2D eigenvalue weighted by molar-refractivity contribution is 0.752. The van der Waals surface area contributed by atoms with Crippen molar-refractivity contribution in [3.05, 3.63) is 58.1 Å². The van der Waals surface area contributed by atoms with Crippen LogP contribution in [0.2, 0.25) is 0 Å². The van der Waals surface area contributed by atoms with Crippen LogP contribution < -0.4 is 5.56 Å². The topological polar surface area (TPSA) is 76.5 Å². The van der Waals surface area contributed by atoms with Gasteiger partial charge in [-0.05, 0) is 31.4 Å². The SMILES string of the molecule is O=c1[nH]c(-c2cnn(-c3ccccc3)n2)nc2c1CCC2. The molecule has 1 aromatic carbocycles. The van der Waals surface area contributed by atoms with Crippen molar-refractivity contribution in [1.82, 2.24) is 25.0 Å². The Bertz CT molecular complexity index is 850. The number of hydrogen-bond donors (Lipinski definition) is 1. The molecule has 6 heteroatoms. The van der Waals surface area contributed by atoms with Crippen molar-refractivity contribution in [3.8, 4) is 17.2 Å². The van der Waals surface area contributed by atoms with Gasteiger partial charge in [-0.3, -0.25) is 4.79 Å². The molecule has 3 aromatic rings. The summed E-state index contributed by atoms with van der Waals surface area (Å²) >= 11 is 0. The Morgan fingerprint density at radius 1 is 1.14 bits per heavy atom. The van der Waals surface area contributed by atoms with E-state index >= 15 is 0 Å². The van der Waals surface area contributed by atoms with Crippen molar-refractivity contribution < 1.29 is 0 Å². The number of rotatable bonds is 2. The highest BCUT2D eigenvalue weighted by atomic mass is 16.1. The molecule has 0 fully saturated rings. The van der Waals surface area contributed by atoms with Crippen molar-refractivity contribution in [3.63, 3.8) is 0 Å². The first-order chi connectivity index (χ1) is 10.3. The molecule has 4 rings (SSSR count). The van der Waals surface area contributed by atoms with Gasteiger partial charge in [-0.15, -0.1) is 5.10 Å². The average molecular weight is 279 g/mol. The van der Waals surface area contributed by atoms with Crippen LogP contribution in [0.5, 0.6) is 0 Å². The van der Waals surface area contributed by atoms with E-state index < -0.39 is 0 Å². The first kappa shape index (κ1) is 12.0. The molecule has 0 spiro atoms. The number of benzene rings is 1. The van der Waals surface area contributed by atoms with Gasteiger partial charge in [0.1, 0.15) is 5.69 Å². The minimum atomic E-state index is -0.0539. The Morgan fingerprint density at radius 3 is 2.86 bits per heavy atom. The normalized spacial score (nSPS) is 13.3. The molecule has 0 atom stereocenters. The zero-order valence-corrected chi connectivity index (χ0v) is 11.3. The second kappa shape index (κ2) is 4.66. The van der Waals surface area contributed by atoms with Gasteiger partial charge in [-0.2, -0.15) is 9.90 Å². The summed E-state index contributed by atoms with van der Waals surface area (Å²) in [7, 11) is 0. The highest BCUT2D eigenvalue weighted by Crippen LogP contribution is 2.19. The predicted molar refractivity (Wildman–Crippen MR) is 77.2 cm³/mol. The molecule has 104 valence electrons. The van der Waals surface area contributed by atoms with E-state index in [1.807, 2.05) is 30.3 Å². The standard InChI is InChI=1S/C15H13N5O/c21-15-11-7-4-8-12(11)17-14(18-15)13-9-16-20(19-13)10-5-2-1-3-6-10/h1-3,5-6,9H,4,7-8H2,(H,17,18,21). The molecule has 6 nitrogen and oxygen atoms in total. The van der Waals surface area contributed by atoms with E-state index in [4.69, 9.17) is 0 Å². The summed E-state index contributed by atoms with van der Waals surface area (Å²) in [6.07, 6.45) is 4.28. The van der Waals surface area contributed by atoms with Crippen LogP contribution in [0.25, 0.3) is 17.2 Å². The lowest BCUT2D eigenvalue weighted by Crippen LogP contribution is -2.15. The molecule has 1 aliphatic carbocycles. The van der Waals surface area contributed by atoms with Crippen molar-refractivity contribution in [2.24, 2.45) is 0 Å². The smallest absolute Gasteiger partial charge is 0.254 e. The summed E-state index contributed by atoms with van der Waals surface area (Å²) in [6, 6.07) is 9.63. The number of fused-ring (bicyclic) bond motifs is 1. The van der Waals surface area contributed by atoms with E-state index in [2.05, 4.69) is 20.2 Å². The molecule has 0 saturated carbocycles. The highest BCUT2D eigenvalue weighted by molar-refractivity contribution is 5.48. The Hall–Kier alpha value is -2.76. The zero-order chi connectivity index (χ0) is 14.2. The Kier molecular flexibility index (Phi) is 2.67. The van der Waals surface area contributed by atoms with Crippen LogP contribution in [0, 0.1) is 0 Å². The minimum absolute atomic E-state index is 0.0539. The summed E-state index contributed by atoms with van der Waals surface area (Å²) in [5.41, 5.74) is 3.09. The molecule has 1 N–H and O–H groups in total. The van der Waals surface area contributed by atoms with Crippen molar-refractivity contribution in [1.29, 1.82) is 0 Å². The second-order valence-corrected chi connectivity index (χ2v) is 5.05. The molecule has 0 amide bonds. The molecule has 1 aliphatic rings. The molecule has 21 heavy (non-hydrogen) atoms. The first-order valence-corrected chi connectivity index (χ1v) is 6.91. The average Bonchev–Trinajstić information content (AvgIpc) is 3.17. The lowest BCUT2D eigenvalue weighted by atomic mass is 10.2. The fourth-order valence-corrected chi connectivity index (χ4v) is 2.62. The fourth-order valence-electron chi connectivity index (χ4n) is 2.62. The predicted octanol–water partition coefficient (Wildman–Crippen LogP) is 1.51. The van der Waals surface area contributed by atoms with Crippen molar-refractivity contribution in [2.75, 3.05) is 0 Å². The Labute approximate surface area is 120 Å². The fraction of sp³-hybridized carbons (Fsp3) is 0.200. The molecule has 2 heterocycles. The van der Waals surface area contributed by atoms with E-state index in [1.54, 1.807) is 6.20 Å². The van der Waals surface area contributed by atoms with Gasteiger partial charge < -0.3 is 4.98 Å². The van der Waals surface area contributed by atoms with E-state index in [0.29, 0.717) is 11.5 Å². The maximum atomic E-state index is 12.0. The Morgan fingerprint density at radius 2 is 2.00 bits per heavy atom. The molecular weight excluding hydrogens is 266 g/mol. The first-order valence-electron chi connectivity index (χ1n) is 6.91. The van der Waals surface area contributed by atoms with E-state index in [9.17, 15) is 4.79 Å². The summed E-state index contributed by atoms with van der Waals surface area (Å²) in [5.74, 6) is 0.489. The van der Waals surface area contributed by atoms with E-state index in [0.717, 1.165) is 36.2 Å². The summed E-state index contributed by atoms with van der Waals surface area (Å²) in [6.45, 7) is 0. The summed E-state index contributed by atoms with van der Waals surface area (Å²) < 4.78 is 0. The summed E-state index contributed by atoms with van der Waals surface area (Å²) in [5, 5.41) is 8.62. The number of aryl methyl sites for hydroxylation is 1. The third-order valence-electron chi connectivity index (χ3n) is 3.66. The largest absolute Gasteiger partial charge is 0.305 e. The van der Waals surface area contributed by atoms with Gasteiger partial charge in [0.15, 0.2) is 5.82 Å². The van der Waals surface area contributed by atoms with Gasteiger partial charge in [0.2, 0.25) is 0 Å². The number of aromatic amines is 1. The maximum Gasteiger partial charge on any atom is 0.254 e. The number of nitrogens with one attached hydrogen (secondary N) is 1. The van der Waals surface area contributed by atoms with E-state index in [1.165, 1.54) is 4.80 Å². The maximum absolute atomic E-state index is 12.0. The van der Waals surface area contributed by atoms with Crippen LogP contribution in [0.15, 0.2) is 41.3 Å². The second-order valence-electron chi connectivity index (χ2n) is 5.05. The quantitative estimate of drug-likeness (QED) is 0.771. The highest BCUT2D eigenvalue weighted by Gasteiger charge is 2.18. The van der Waals surface area contributed by atoms with Gasteiger partial charge in [0.05, 0.1) is 17.6 Å². The summed E-state index contributed by atoms with van der Waals surface area (Å²) in [4.78, 5) is 20.9. The zero-order valence-electron chi connectivity index (χ0n) is 11.3. The minimum Gasteiger partial charge on any atom is -0.305 e. The molecule has 0 bridgehead atoms.